The Kier molecular flexibility index (Phi) is 4.79. The lowest BCUT2D eigenvalue weighted by atomic mass is 10.1. The molecule has 1 aromatic carbocycles. The number of aliphatic carboxylic acids is 1. The van der Waals surface area contributed by atoms with Crippen LogP contribution in [0.3, 0.4) is 0 Å². The minimum absolute atomic E-state index is 0.494. The first kappa shape index (κ1) is 12.5. The van der Waals surface area contributed by atoms with E-state index in [0.29, 0.717) is 6.42 Å². The molecule has 0 saturated carbocycles. The third-order valence-electron chi connectivity index (χ3n) is 2.50. The Bertz CT molecular complexity index is 352. The smallest absolute Gasteiger partial charge is 0.320 e. The van der Waals surface area contributed by atoms with Crippen LogP contribution in [0, 0.1) is 0 Å². The van der Waals surface area contributed by atoms with Crippen LogP contribution in [-0.4, -0.2) is 31.3 Å². The molecule has 1 rings (SSSR count). The van der Waals surface area contributed by atoms with Crippen molar-refractivity contribution in [1.82, 2.24) is 5.32 Å². The van der Waals surface area contributed by atoms with E-state index in [9.17, 15) is 4.79 Å². The minimum Gasteiger partial charge on any atom is -0.497 e. The summed E-state index contributed by atoms with van der Waals surface area (Å²) in [6.07, 6.45) is 1.29. The van der Waals surface area contributed by atoms with Crippen LogP contribution in [0.25, 0.3) is 0 Å². The van der Waals surface area contributed by atoms with Crippen LogP contribution >= 0.6 is 0 Å². The van der Waals surface area contributed by atoms with Gasteiger partial charge in [-0.2, -0.15) is 0 Å². The maximum Gasteiger partial charge on any atom is 0.320 e. The van der Waals surface area contributed by atoms with Gasteiger partial charge in [0.25, 0.3) is 0 Å². The SMILES string of the molecule is CNC(CCc1cccc(OC)c1)C(=O)O. The largest absolute Gasteiger partial charge is 0.497 e. The monoisotopic (exact) mass is 223 g/mol. The van der Waals surface area contributed by atoms with Crippen molar-refractivity contribution in [3.63, 3.8) is 0 Å². The van der Waals surface area contributed by atoms with Crippen LogP contribution in [-0.2, 0) is 11.2 Å². The fraction of sp³-hybridized carbons (Fsp3) is 0.417. The van der Waals surface area contributed by atoms with Gasteiger partial charge in [0.15, 0.2) is 0 Å². The van der Waals surface area contributed by atoms with E-state index in [1.54, 1.807) is 14.2 Å². The molecule has 0 saturated heterocycles. The van der Waals surface area contributed by atoms with E-state index in [4.69, 9.17) is 9.84 Å². The fourth-order valence-electron chi connectivity index (χ4n) is 1.53. The Morgan fingerprint density at radius 2 is 2.31 bits per heavy atom. The first-order chi connectivity index (χ1) is 7.67. The third-order valence-corrected chi connectivity index (χ3v) is 2.50. The molecule has 88 valence electrons. The Morgan fingerprint density at radius 1 is 1.56 bits per heavy atom. The van der Waals surface area contributed by atoms with Gasteiger partial charge in [-0.25, -0.2) is 0 Å². The highest BCUT2D eigenvalue weighted by Crippen LogP contribution is 2.14. The molecule has 4 nitrogen and oxygen atoms in total. The molecule has 1 unspecified atom stereocenters. The number of rotatable bonds is 6. The summed E-state index contributed by atoms with van der Waals surface area (Å²) in [6, 6.07) is 7.18. The number of benzene rings is 1. The van der Waals surface area contributed by atoms with Gasteiger partial charge in [-0.1, -0.05) is 12.1 Å². The number of carboxylic acids is 1. The summed E-state index contributed by atoms with van der Waals surface area (Å²) in [5.41, 5.74) is 1.08. The van der Waals surface area contributed by atoms with E-state index in [1.807, 2.05) is 24.3 Å². The standard InChI is InChI=1S/C12H17NO3/c1-13-11(12(14)15)7-6-9-4-3-5-10(8-9)16-2/h3-5,8,11,13H,6-7H2,1-2H3,(H,14,15). The maximum absolute atomic E-state index is 10.8. The average Bonchev–Trinajstić information content (AvgIpc) is 2.29. The summed E-state index contributed by atoms with van der Waals surface area (Å²) in [6.45, 7) is 0. The van der Waals surface area contributed by atoms with Crippen LogP contribution in [0.2, 0.25) is 0 Å². The molecule has 0 heterocycles. The Labute approximate surface area is 95.2 Å². The number of hydrogen-bond donors (Lipinski definition) is 2. The molecule has 0 radical (unpaired) electrons. The van der Waals surface area contributed by atoms with E-state index in [0.717, 1.165) is 17.7 Å². The third kappa shape index (κ3) is 3.55. The van der Waals surface area contributed by atoms with Gasteiger partial charge in [0.2, 0.25) is 0 Å². The molecule has 0 aliphatic carbocycles. The molecule has 1 atom stereocenters. The van der Waals surface area contributed by atoms with Gasteiger partial charge < -0.3 is 15.2 Å². The molecule has 16 heavy (non-hydrogen) atoms. The summed E-state index contributed by atoms with van der Waals surface area (Å²) in [7, 11) is 3.27. The molecule has 0 aliphatic heterocycles. The van der Waals surface area contributed by atoms with Gasteiger partial charge in [0.05, 0.1) is 7.11 Å². The van der Waals surface area contributed by atoms with Crippen molar-refractivity contribution in [2.75, 3.05) is 14.2 Å². The van der Waals surface area contributed by atoms with E-state index in [2.05, 4.69) is 5.32 Å². The highest BCUT2D eigenvalue weighted by atomic mass is 16.5. The number of carbonyl (C=O) groups is 1. The number of aryl methyl sites for hydroxylation is 1. The molecule has 0 fully saturated rings. The van der Waals surface area contributed by atoms with Crippen molar-refractivity contribution >= 4 is 5.97 Å². The summed E-state index contributed by atoms with van der Waals surface area (Å²) >= 11 is 0. The van der Waals surface area contributed by atoms with E-state index in [1.165, 1.54) is 0 Å². The molecule has 2 N–H and O–H groups in total. The van der Waals surface area contributed by atoms with Gasteiger partial charge in [-0.05, 0) is 37.6 Å². The zero-order valence-electron chi connectivity index (χ0n) is 9.56. The van der Waals surface area contributed by atoms with E-state index >= 15 is 0 Å². The van der Waals surface area contributed by atoms with Crippen molar-refractivity contribution in [1.29, 1.82) is 0 Å². The number of ether oxygens (including phenoxy) is 1. The second-order valence-electron chi connectivity index (χ2n) is 3.57. The number of likely N-dealkylation sites (N-methyl/N-ethyl adjacent to an activating group) is 1. The normalized spacial score (nSPS) is 12.1. The predicted molar refractivity (Wildman–Crippen MR) is 61.8 cm³/mol. The highest BCUT2D eigenvalue weighted by Gasteiger charge is 2.14. The number of hydrogen-bond acceptors (Lipinski definition) is 3. The van der Waals surface area contributed by atoms with E-state index in [-0.39, 0.29) is 0 Å². The Morgan fingerprint density at radius 3 is 2.88 bits per heavy atom. The molecule has 1 aromatic rings. The van der Waals surface area contributed by atoms with Gasteiger partial charge in [-0.3, -0.25) is 4.79 Å². The second kappa shape index (κ2) is 6.12. The minimum atomic E-state index is -0.814. The molecular formula is C12H17NO3. The summed E-state index contributed by atoms with van der Waals surface area (Å²) < 4.78 is 5.10. The average molecular weight is 223 g/mol. The Hall–Kier alpha value is -1.55. The van der Waals surface area contributed by atoms with Gasteiger partial charge in [0, 0.05) is 0 Å². The molecule has 0 bridgehead atoms. The van der Waals surface area contributed by atoms with Crippen LogP contribution < -0.4 is 10.1 Å². The van der Waals surface area contributed by atoms with Crippen molar-refractivity contribution < 1.29 is 14.6 Å². The lowest BCUT2D eigenvalue weighted by molar-refractivity contribution is -0.139. The zero-order chi connectivity index (χ0) is 12.0. The van der Waals surface area contributed by atoms with Gasteiger partial charge in [0.1, 0.15) is 11.8 Å². The Balaban J connectivity index is 2.56. The van der Waals surface area contributed by atoms with Crippen LogP contribution in [0.5, 0.6) is 5.75 Å². The first-order valence-electron chi connectivity index (χ1n) is 5.20. The van der Waals surface area contributed by atoms with Crippen LogP contribution in [0.4, 0.5) is 0 Å². The number of nitrogens with one attached hydrogen (secondary N) is 1. The van der Waals surface area contributed by atoms with Gasteiger partial charge >= 0.3 is 5.97 Å². The maximum atomic E-state index is 10.8. The lowest BCUT2D eigenvalue weighted by Crippen LogP contribution is -2.34. The van der Waals surface area contributed by atoms with Crippen molar-refractivity contribution in [2.45, 2.75) is 18.9 Å². The molecule has 4 heteroatoms. The fourth-order valence-corrected chi connectivity index (χ4v) is 1.53. The molecular weight excluding hydrogens is 206 g/mol. The molecule has 0 amide bonds. The summed E-state index contributed by atoms with van der Waals surface area (Å²) in [5, 5.41) is 11.6. The molecule has 0 aliphatic rings. The highest BCUT2D eigenvalue weighted by molar-refractivity contribution is 5.73. The first-order valence-corrected chi connectivity index (χ1v) is 5.20. The number of carboxylic acid groups (broad SMARTS) is 1. The van der Waals surface area contributed by atoms with E-state index < -0.39 is 12.0 Å². The van der Waals surface area contributed by atoms with Crippen LogP contribution in [0.1, 0.15) is 12.0 Å². The van der Waals surface area contributed by atoms with Crippen molar-refractivity contribution in [2.24, 2.45) is 0 Å². The topological polar surface area (TPSA) is 58.6 Å². The van der Waals surface area contributed by atoms with Gasteiger partial charge in [-0.15, -0.1) is 0 Å². The quantitative estimate of drug-likeness (QED) is 0.763. The number of methoxy groups -OCH3 is 1. The van der Waals surface area contributed by atoms with Crippen molar-refractivity contribution in [3.8, 4) is 5.75 Å². The molecule has 0 aromatic heterocycles. The predicted octanol–water partition coefficient (Wildman–Crippen LogP) is 1.30. The second-order valence-corrected chi connectivity index (χ2v) is 3.57. The van der Waals surface area contributed by atoms with Crippen LogP contribution in [0.15, 0.2) is 24.3 Å². The van der Waals surface area contributed by atoms with Crippen molar-refractivity contribution in [3.05, 3.63) is 29.8 Å². The molecule has 0 spiro atoms. The lowest BCUT2D eigenvalue weighted by Gasteiger charge is -2.11. The summed E-state index contributed by atoms with van der Waals surface area (Å²) in [5.74, 6) is -0.0146. The zero-order valence-corrected chi connectivity index (χ0v) is 9.56. The summed E-state index contributed by atoms with van der Waals surface area (Å²) in [4.78, 5) is 10.8.